The van der Waals surface area contributed by atoms with E-state index in [1.807, 2.05) is 12.4 Å². The Labute approximate surface area is 232 Å². The molecule has 188 valence electrons. The smallest absolute Gasteiger partial charge is 0.152 e. The van der Waals surface area contributed by atoms with Crippen LogP contribution in [0, 0.1) is 0 Å². The molecule has 0 amide bonds. The first-order valence-electron chi connectivity index (χ1n) is 13.5. The summed E-state index contributed by atoms with van der Waals surface area (Å²) in [6.45, 7) is 0. The lowest BCUT2D eigenvalue weighted by atomic mass is 9.94. The molecule has 0 N–H and O–H groups in total. The average Bonchev–Trinajstić information content (AvgIpc) is 3.04. The Morgan fingerprint density at radius 1 is 0.425 bits per heavy atom. The van der Waals surface area contributed by atoms with E-state index in [9.17, 15) is 0 Å². The first kappa shape index (κ1) is 22.6. The van der Waals surface area contributed by atoms with Gasteiger partial charge in [0.15, 0.2) is 11.5 Å². The van der Waals surface area contributed by atoms with Gasteiger partial charge in [0.05, 0.1) is 17.1 Å². The first-order chi connectivity index (χ1) is 19.9. The largest absolute Gasteiger partial charge is 0.453 e. The molecule has 0 saturated carbocycles. The highest BCUT2D eigenvalue weighted by molar-refractivity contribution is 6.13. The zero-order valence-corrected chi connectivity index (χ0v) is 21.7. The van der Waals surface area contributed by atoms with Crippen molar-refractivity contribution >= 4 is 38.6 Å². The monoisotopic (exact) mass is 512 g/mol. The molecule has 2 heterocycles. The summed E-state index contributed by atoms with van der Waals surface area (Å²) < 4.78 is 6.68. The van der Waals surface area contributed by atoms with Crippen molar-refractivity contribution in [3.63, 3.8) is 0 Å². The van der Waals surface area contributed by atoms with Crippen LogP contribution in [0.5, 0.6) is 11.5 Å². The van der Waals surface area contributed by atoms with Crippen molar-refractivity contribution in [2.75, 3.05) is 4.90 Å². The van der Waals surface area contributed by atoms with E-state index in [1.54, 1.807) is 0 Å². The molecule has 1 aliphatic heterocycles. The number of nitrogens with zero attached hydrogens (tertiary/aromatic N) is 2. The van der Waals surface area contributed by atoms with Gasteiger partial charge in [-0.15, -0.1) is 0 Å². The number of ether oxygens (including phenoxy) is 1. The lowest BCUT2D eigenvalue weighted by molar-refractivity contribution is 0.479. The molecule has 1 aliphatic rings. The van der Waals surface area contributed by atoms with Crippen LogP contribution < -0.4 is 9.64 Å². The molecule has 0 aliphatic carbocycles. The molecule has 0 atom stereocenters. The third-order valence-electron chi connectivity index (χ3n) is 7.70. The van der Waals surface area contributed by atoms with Crippen molar-refractivity contribution in [2.24, 2.45) is 0 Å². The second kappa shape index (κ2) is 9.11. The van der Waals surface area contributed by atoms with Crippen molar-refractivity contribution in [1.82, 2.24) is 4.98 Å². The Morgan fingerprint density at radius 3 is 1.38 bits per heavy atom. The zero-order valence-electron chi connectivity index (χ0n) is 21.7. The zero-order chi connectivity index (χ0) is 26.5. The van der Waals surface area contributed by atoms with Gasteiger partial charge in [-0.2, -0.15) is 0 Å². The standard InChI is InChI=1S/C37H24N2O/c1-3-11-25(12-4-1)31-23-38-24-32(26-13-5-2-6-14-26)35(31)39-36-29-17-9-7-15-27(29)19-21-33(36)40-34-22-20-28-16-8-10-18-30(28)37(34)39/h1-24H. The normalized spacial score (nSPS) is 12.2. The van der Waals surface area contributed by atoms with Crippen LogP contribution in [0.2, 0.25) is 0 Å². The minimum Gasteiger partial charge on any atom is -0.453 e. The average molecular weight is 513 g/mol. The summed E-state index contributed by atoms with van der Waals surface area (Å²) in [5.74, 6) is 1.66. The van der Waals surface area contributed by atoms with Crippen molar-refractivity contribution in [3.8, 4) is 33.8 Å². The maximum absolute atomic E-state index is 6.68. The van der Waals surface area contributed by atoms with Crippen LogP contribution in [0.25, 0.3) is 43.8 Å². The quantitative estimate of drug-likeness (QED) is 0.235. The van der Waals surface area contributed by atoms with E-state index >= 15 is 0 Å². The number of hydrogen-bond acceptors (Lipinski definition) is 3. The van der Waals surface area contributed by atoms with Gasteiger partial charge < -0.3 is 9.64 Å². The number of aromatic nitrogens is 1. The van der Waals surface area contributed by atoms with Gasteiger partial charge in [-0.05, 0) is 34.0 Å². The van der Waals surface area contributed by atoms with E-state index in [1.165, 1.54) is 0 Å². The summed E-state index contributed by atoms with van der Waals surface area (Å²) in [5.41, 5.74) is 7.47. The highest BCUT2D eigenvalue weighted by atomic mass is 16.5. The lowest BCUT2D eigenvalue weighted by Crippen LogP contribution is -2.18. The molecular formula is C37H24N2O. The number of pyridine rings is 1. The summed E-state index contributed by atoms with van der Waals surface area (Å²) in [5, 5.41) is 4.59. The molecule has 3 nitrogen and oxygen atoms in total. The molecule has 0 saturated heterocycles. The van der Waals surface area contributed by atoms with Crippen LogP contribution in [0.1, 0.15) is 0 Å². The predicted octanol–water partition coefficient (Wildman–Crippen LogP) is 10.3. The maximum Gasteiger partial charge on any atom is 0.152 e. The fraction of sp³-hybridized carbons (Fsp3) is 0. The van der Waals surface area contributed by atoms with Crippen molar-refractivity contribution in [1.29, 1.82) is 0 Å². The minimum atomic E-state index is 0.830. The molecule has 7 aromatic rings. The van der Waals surface area contributed by atoms with Gasteiger partial charge in [-0.1, -0.05) is 121 Å². The second-order valence-electron chi connectivity index (χ2n) is 10.0. The van der Waals surface area contributed by atoms with E-state index in [4.69, 9.17) is 9.72 Å². The highest BCUT2D eigenvalue weighted by Gasteiger charge is 2.33. The number of hydrogen-bond donors (Lipinski definition) is 0. The van der Waals surface area contributed by atoms with Gasteiger partial charge in [-0.3, -0.25) is 4.98 Å². The number of anilines is 3. The molecular weight excluding hydrogens is 488 g/mol. The molecule has 40 heavy (non-hydrogen) atoms. The summed E-state index contributed by atoms with van der Waals surface area (Å²) in [4.78, 5) is 7.19. The van der Waals surface area contributed by atoms with Gasteiger partial charge in [-0.25, -0.2) is 0 Å². The fourth-order valence-corrected chi connectivity index (χ4v) is 5.90. The van der Waals surface area contributed by atoms with Gasteiger partial charge >= 0.3 is 0 Å². The topological polar surface area (TPSA) is 25.4 Å². The van der Waals surface area contributed by atoms with Gasteiger partial charge in [0.2, 0.25) is 0 Å². The SMILES string of the molecule is c1ccc(-c2cncc(-c3ccccc3)c2N2c3c(ccc4ccccc34)Oc3ccc4ccccc4c32)cc1. The molecule has 0 bridgehead atoms. The predicted molar refractivity (Wildman–Crippen MR) is 165 cm³/mol. The van der Waals surface area contributed by atoms with Crippen molar-refractivity contribution < 1.29 is 4.74 Å². The van der Waals surface area contributed by atoms with Crippen LogP contribution in [0.3, 0.4) is 0 Å². The first-order valence-corrected chi connectivity index (χ1v) is 13.5. The number of rotatable bonds is 3. The highest BCUT2D eigenvalue weighted by Crippen LogP contribution is 2.58. The van der Waals surface area contributed by atoms with Crippen LogP contribution in [-0.2, 0) is 0 Å². The third-order valence-corrected chi connectivity index (χ3v) is 7.70. The molecule has 0 radical (unpaired) electrons. The van der Waals surface area contributed by atoms with Gasteiger partial charge in [0, 0.05) is 34.3 Å². The van der Waals surface area contributed by atoms with Gasteiger partial charge in [0.25, 0.3) is 0 Å². The van der Waals surface area contributed by atoms with E-state index in [0.29, 0.717) is 0 Å². The van der Waals surface area contributed by atoms with Crippen LogP contribution >= 0.6 is 0 Å². The number of benzene rings is 6. The Morgan fingerprint density at radius 2 is 0.875 bits per heavy atom. The third kappa shape index (κ3) is 3.49. The molecule has 0 fully saturated rings. The molecule has 6 aromatic carbocycles. The molecule has 0 unspecified atom stereocenters. The second-order valence-corrected chi connectivity index (χ2v) is 10.0. The van der Waals surface area contributed by atoms with E-state index in [-0.39, 0.29) is 0 Å². The summed E-state index contributed by atoms with van der Waals surface area (Å²) in [6, 6.07) is 46.6. The summed E-state index contributed by atoms with van der Waals surface area (Å²) >= 11 is 0. The Bertz CT molecular complexity index is 1890. The summed E-state index contributed by atoms with van der Waals surface area (Å²) in [6.07, 6.45) is 3.98. The molecule has 8 rings (SSSR count). The Hall–Kier alpha value is -5.41. The minimum absolute atomic E-state index is 0.830. The van der Waals surface area contributed by atoms with Crippen LogP contribution in [0.4, 0.5) is 17.1 Å². The van der Waals surface area contributed by atoms with Crippen LogP contribution in [-0.4, -0.2) is 4.98 Å². The van der Waals surface area contributed by atoms with Crippen molar-refractivity contribution in [3.05, 3.63) is 146 Å². The van der Waals surface area contributed by atoms with E-state index in [2.05, 4.69) is 138 Å². The van der Waals surface area contributed by atoms with E-state index < -0.39 is 0 Å². The maximum atomic E-state index is 6.68. The lowest BCUT2D eigenvalue weighted by Gasteiger charge is -2.37. The van der Waals surface area contributed by atoms with Crippen LogP contribution in [0.15, 0.2) is 146 Å². The van der Waals surface area contributed by atoms with E-state index in [0.717, 1.165) is 72.4 Å². The molecule has 0 spiro atoms. The molecule has 3 heteroatoms. The Balaban J connectivity index is 1.57. The summed E-state index contributed by atoms with van der Waals surface area (Å²) in [7, 11) is 0. The van der Waals surface area contributed by atoms with Gasteiger partial charge in [0.1, 0.15) is 0 Å². The fourth-order valence-electron chi connectivity index (χ4n) is 5.90. The van der Waals surface area contributed by atoms with Crippen molar-refractivity contribution in [2.45, 2.75) is 0 Å². The number of fused-ring (bicyclic) bond motifs is 6. The molecule has 1 aromatic heterocycles. The Kier molecular flexibility index (Phi) is 5.14.